The Balaban J connectivity index is 1.97. The van der Waals surface area contributed by atoms with Gasteiger partial charge in [-0.1, -0.05) is 54.0 Å². The molecule has 2 amide bonds. The fourth-order valence-corrected chi connectivity index (χ4v) is 6.12. The predicted molar refractivity (Wildman–Crippen MR) is 159 cm³/mol. The van der Waals surface area contributed by atoms with Gasteiger partial charge in [0.25, 0.3) is 0 Å². The third-order valence-corrected chi connectivity index (χ3v) is 8.34. The minimum atomic E-state index is -4.72. The van der Waals surface area contributed by atoms with Crippen molar-refractivity contribution in [3.05, 3.63) is 81.5 Å². The average molecular weight is 649 g/mol. The molecule has 0 aromatic heterocycles. The van der Waals surface area contributed by atoms with Crippen molar-refractivity contribution in [2.75, 3.05) is 6.61 Å². The van der Waals surface area contributed by atoms with Crippen molar-refractivity contribution in [2.45, 2.75) is 81.9 Å². The fourth-order valence-electron chi connectivity index (χ4n) is 4.19. The largest absolute Gasteiger partial charge is 0.495 e. The number of alkyl halides is 3. The summed E-state index contributed by atoms with van der Waals surface area (Å²) in [5.41, 5.74) is -0.893. The van der Waals surface area contributed by atoms with Crippen LogP contribution in [0.4, 0.5) is 22.8 Å². The molecule has 1 heterocycles. The predicted octanol–water partition coefficient (Wildman–Crippen LogP) is 10.0. The van der Waals surface area contributed by atoms with E-state index in [2.05, 4.69) is 6.58 Å². The molecule has 230 valence electrons. The first-order valence-corrected chi connectivity index (χ1v) is 14.6. The second-order valence-electron chi connectivity index (χ2n) is 11.9. The Morgan fingerprint density at radius 3 is 1.88 bits per heavy atom. The zero-order chi connectivity index (χ0) is 31.8. The van der Waals surface area contributed by atoms with Crippen molar-refractivity contribution in [3.8, 4) is 0 Å². The van der Waals surface area contributed by atoms with E-state index in [4.69, 9.17) is 37.4 Å². The maximum absolute atomic E-state index is 14.7. The molecule has 6 nitrogen and oxygen atoms in total. The number of hydrogen-bond acceptors (Lipinski definition) is 6. The molecule has 0 saturated carbocycles. The number of benzene rings is 2. The van der Waals surface area contributed by atoms with Gasteiger partial charge in [0, 0.05) is 10.0 Å². The average Bonchev–Trinajstić information content (AvgIpc) is 2.81. The molecule has 0 bridgehead atoms. The Labute approximate surface area is 258 Å². The first-order valence-electron chi connectivity index (χ1n) is 13.0. The van der Waals surface area contributed by atoms with Crippen molar-refractivity contribution in [2.24, 2.45) is 0 Å². The lowest BCUT2D eigenvalue weighted by Crippen LogP contribution is -2.46. The summed E-state index contributed by atoms with van der Waals surface area (Å²) in [6.07, 6.45) is -6.51. The van der Waals surface area contributed by atoms with E-state index in [0.717, 1.165) is 4.90 Å². The summed E-state index contributed by atoms with van der Waals surface area (Å²) in [5.74, 6) is 0.151. The maximum atomic E-state index is 14.7. The lowest BCUT2D eigenvalue weighted by Gasteiger charge is -2.42. The quantitative estimate of drug-likeness (QED) is 0.329. The van der Waals surface area contributed by atoms with Crippen molar-refractivity contribution in [1.29, 1.82) is 0 Å². The van der Waals surface area contributed by atoms with Crippen LogP contribution in [0, 0.1) is 0 Å². The van der Waals surface area contributed by atoms with Gasteiger partial charge in [-0.05, 0) is 83.4 Å². The van der Waals surface area contributed by atoms with E-state index >= 15 is 0 Å². The Kier molecular flexibility index (Phi) is 9.86. The van der Waals surface area contributed by atoms with Gasteiger partial charge in [-0.15, -0.1) is 11.8 Å². The number of amides is 2. The summed E-state index contributed by atoms with van der Waals surface area (Å²) in [4.78, 5) is 27.0. The second-order valence-corrected chi connectivity index (χ2v) is 14.2. The Hall–Kier alpha value is -2.56. The number of thioether (sulfide) groups is 1. The third-order valence-electron chi connectivity index (χ3n) is 6.15. The van der Waals surface area contributed by atoms with Gasteiger partial charge in [-0.2, -0.15) is 13.2 Å². The topological polar surface area (TPSA) is 65.1 Å². The molecule has 1 aliphatic rings. The van der Waals surface area contributed by atoms with Crippen LogP contribution in [0.3, 0.4) is 0 Å². The molecule has 1 saturated heterocycles. The normalized spacial score (nSPS) is 20.4. The molecule has 3 atom stereocenters. The molecule has 1 aliphatic heterocycles. The Morgan fingerprint density at radius 2 is 1.45 bits per heavy atom. The summed E-state index contributed by atoms with van der Waals surface area (Å²) >= 11 is 12.8. The first-order chi connectivity index (χ1) is 19.1. The molecule has 0 aliphatic carbocycles. The number of nitrogens with zero attached hydrogens (tertiary/aromatic N) is 1. The van der Waals surface area contributed by atoms with Gasteiger partial charge < -0.3 is 14.2 Å². The number of rotatable bonds is 4. The molecule has 12 heteroatoms. The van der Waals surface area contributed by atoms with Crippen LogP contribution in [-0.2, 0) is 19.0 Å². The van der Waals surface area contributed by atoms with E-state index in [1.165, 1.54) is 18.2 Å². The molecule has 0 spiro atoms. The number of carbonyl (C=O) groups excluding carboxylic acids is 2. The van der Waals surface area contributed by atoms with Crippen molar-refractivity contribution < 1.29 is 37.0 Å². The number of halogens is 5. The SMILES string of the molecule is C=C1OCC(c2cc(Cl)cc(Cl)c2)(C(F)(F)F)SC1c1ccc([C@H](C)N(C(=O)OC(C)(C)C)C(=O)OC(C)(C)C)cc1. The van der Waals surface area contributed by atoms with Crippen LogP contribution in [-0.4, -0.2) is 41.1 Å². The summed E-state index contributed by atoms with van der Waals surface area (Å²) < 4.78 is 58.1. The zero-order valence-electron chi connectivity index (χ0n) is 24.4. The van der Waals surface area contributed by atoms with Crippen LogP contribution >= 0.6 is 35.0 Å². The number of ether oxygens (including phenoxy) is 3. The smallest absolute Gasteiger partial charge is 0.420 e. The highest BCUT2D eigenvalue weighted by Gasteiger charge is 2.61. The fraction of sp³-hybridized carbons (Fsp3) is 0.467. The molecule has 2 unspecified atom stereocenters. The van der Waals surface area contributed by atoms with Crippen molar-refractivity contribution >= 4 is 47.2 Å². The molecule has 0 radical (unpaired) electrons. The summed E-state index contributed by atoms with van der Waals surface area (Å²) in [5, 5.41) is -0.767. The van der Waals surface area contributed by atoms with Gasteiger partial charge in [-0.25, -0.2) is 14.5 Å². The van der Waals surface area contributed by atoms with E-state index in [1.54, 1.807) is 72.7 Å². The highest BCUT2D eigenvalue weighted by atomic mass is 35.5. The lowest BCUT2D eigenvalue weighted by atomic mass is 9.97. The van der Waals surface area contributed by atoms with Crippen LogP contribution < -0.4 is 0 Å². The van der Waals surface area contributed by atoms with Gasteiger partial charge in [0.05, 0.1) is 11.3 Å². The lowest BCUT2D eigenvalue weighted by molar-refractivity contribution is -0.174. The zero-order valence-corrected chi connectivity index (χ0v) is 26.7. The van der Waals surface area contributed by atoms with Crippen LogP contribution in [0.25, 0.3) is 0 Å². The monoisotopic (exact) mass is 647 g/mol. The van der Waals surface area contributed by atoms with Gasteiger partial charge in [-0.3, -0.25) is 0 Å². The molecule has 42 heavy (non-hydrogen) atoms. The standard InChI is InChI=1S/C30H34Cl2F3NO5S/c1-17(36(25(37)40-27(3,4)5)26(38)41-28(6,7)8)19-9-11-20(12-10-19)24-18(2)39-16-29(42-24,30(33,34)35)21-13-22(31)15-23(32)14-21/h9-15,17,24H,2,16H2,1,3-8H3/t17-,24?,29?/m0/s1. The molecule has 2 aromatic rings. The highest BCUT2D eigenvalue weighted by Crippen LogP contribution is 2.60. The van der Waals surface area contributed by atoms with Gasteiger partial charge >= 0.3 is 18.4 Å². The van der Waals surface area contributed by atoms with Crippen LogP contribution in [0.5, 0.6) is 0 Å². The number of carbonyl (C=O) groups is 2. The van der Waals surface area contributed by atoms with Gasteiger partial charge in [0.15, 0.2) is 4.75 Å². The van der Waals surface area contributed by atoms with E-state index < -0.39 is 52.2 Å². The molecule has 0 N–H and O–H groups in total. The van der Waals surface area contributed by atoms with Crippen molar-refractivity contribution in [1.82, 2.24) is 4.90 Å². The Bertz CT molecular complexity index is 1290. The van der Waals surface area contributed by atoms with E-state index in [-0.39, 0.29) is 21.4 Å². The minimum Gasteiger partial charge on any atom is -0.495 e. The van der Waals surface area contributed by atoms with E-state index in [1.807, 2.05) is 0 Å². The summed E-state index contributed by atoms with van der Waals surface area (Å²) in [6, 6.07) is 9.45. The summed E-state index contributed by atoms with van der Waals surface area (Å²) in [7, 11) is 0. The molecule has 1 fully saturated rings. The maximum Gasteiger partial charge on any atom is 0.420 e. The summed E-state index contributed by atoms with van der Waals surface area (Å²) in [6.45, 7) is 14.8. The van der Waals surface area contributed by atoms with Crippen LogP contribution in [0.2, 0.25) is 10.0 Å². The van der Waals surface area contributed by atoms with E-state index in [9.17, 15) is 22.8 Å². The van der Waals surface area contributed by atoms with Crippen LogP contribution in [0.1, 0.15) is 76.4 Å². The number of hydrogen-bond donors (Lipinski definition) is 0. The Morgan fingerprint density at radius 1 is 0.976 bits per heavy atom. The molecular weight excluding hydrogens is 614 g/mol. The molecule has 2 aromatic carbocycles. The molecule has 3 rings (SSSR count). The van der Waals surface area contributed by atoms with Gasteiger partial charge in [0.2, 0.25) is 0 Å². The first kappa shape index (κ1) is 33.9. The van der Waals surface area contributed by atoms with Crippen LogP contribution in [0.15, 0.2) is 54.8 Å². The third kappa shape index (κ3) is 7.88. The van der Waals surface area contributed by atoms with Gasteiger partial charge in [0.1, 0.15) is 23.6 Å². The highest BCUT2D eigenvalue weighted by molar-refractivity contribution is 8.00. The molecular formula is C30H34Cl2F3NO5S. The number of imide groups is 1. The minimum absolute atomic E-state index is 0.0699. The van der Waals surface area contributed by atoms with Crippen molar-refractivity contribution in [3.63, 3.8) is 0 Å². The second kappa shape index (κ2) is 12.2. The van der Waals surface area contributed by atoms with E-state index in [0.29, 0.717) is 22.9 Å².